The number of aromatic nitrogens is 1. The van der Waals surface area contributed by atoms with Gasteiger partial charge in [0.25, 0.3) is 0 Å². The van der Waals surface area contributed by atoms with E-state index in [0.717, 1.165) is 5.56 Å². The van der Waals surface area contributed by atoms with Crippen molar-refractivity contribution in [2.75, 3.05) is 5.73 Å². The van der Waals surface area contributed by atoms with E-state index in [4.69, 9.17) is 11.5 Å². The Kier molecular flexibility index (Phi) is 2.65. The van der Waals surface area contributed by atoms with Crippen LogP contribution in [-0.2, 0) is 0 Å². The standard InChI is InChI=1S/C9H15N3/c1-6(2)9(11)7-3-4-12-8(10)5-7/h3-6,9H,11H2,1-2H3,(H2,10,12). The van der Waals surface area contributed by atoms with E-state index in [1.807, 2.05) is 12.1 Å². The van der Waals surface area contributed by atoms with Crippen molar-refractivity contribution in [2.24, 2.45) is 11.7 Å². The van der Waals surface area contributed by atoms with Crippen LogP contribution in [0.5, 0.6) is 0 Å². The summed E-state index contributed by atoms with van der Waals surface area (Å²) in [5, 5.41) is 0. The van der Waals surface area contributed by atoms with Gasteiger partial charge >= 0.3 is 0 Å². The second-order valence-electron chi connectivity index (χ2n) is 3.28. The first-order chi connectivity index (χ1) is 5.61. The Bertz CT molecular complexity index is 258. The SMILES string of the molecule is CC(C)C(N)c1ccnc(N)c1. The van der Waals surface area contributed by atoms with Crippen LogP contribution in [0.2, 0.25) is 0 Å². The average Bonchev–Trinajstić information content (AvgIpc) is 2.03. The van der Waals surface area contributed by atoms with Crippen molar-refractivity contribution in [1.82, 2.24) is 4.98 Å². The molecule has 1 heterocycles. The van der Waals surface area contributed by atoms with Gasteiger partial charge in [-0.05, 0) is 23.6 Å². The molecule has 0 radical (unpaired) electrons. The van der Waals surface area contributed by atoms with E-state index in [2.05, 4.69) is 18.8 Å². The third kappa shape index (κ3) is 1.95. The summed E-state index contributed by atoms with van der Waals surface area (Å²) in [4.78, 5) is 3.90. The third-order valence-electron chi connectivity index (χ3n) is 1.91. The Hall–Kier alpha value is -1.09. The molecule has 0 spiro atoms. The Balaban J connectivity index is 2.88. The number of nitrogens with two attached hydrogens (primary N) is 2. The summed E-state index contributed by atoms with van der Waals surface area (Å²) >= 11 is 0. The first-order valence-electron chi connectivity index (χ1n) is 4.08. The highest BCUT2D eigenvalue weighted by molar-refractivity contribution is 5.33. The van der Waals surface area contributed by atoms with Crippen LogP contribution in [0.4, 0.5) is 5.82 Å². The predicted octanol–water partition coefficient (Wildman–Crippen LogP) is 1.32. The predicted molar refractivity (Wildman–Crippen MR) is 50.4 cm³/mol. The minimum atomic E-state index is 0.0512. The monoisotopic (exact) mass is 165 g/mol. The van der Waals surface area contributed by atoms with E-state index in [1.165, 1.54) is 0 Å². The van der Waals surface area contributed by atoms with Gasteiger partial charge in [-0.1, -0.05) is 13.8 Å². The lowest BCUT2D eigenvalue weighted by molar-refractivity contribution is 0.514. The van der Waals surface area contributed by atoms with Gasteiger partial charge in [0.15, 0.2) is 0 Å². The van der Waals surface area contributed by atoms with Gasteiger partial charge in [0, 0.05) is 12.2 Å². The molecule has 12 heavy (non-hydrogen) atoms. The molecule has 1 rings (SSSR count). The molecule has 66 valence electrons. The molecule has 1 aromatic heterocycles. The lowest BCUT2D eigenvalue weighted by Crippen LogP contribution is -2.16. The summed E-state index contributed by atoms with van der Waals surface area (Å²) in [6.07, 6.45) is 1.69. The molecule has 0 fully saturated rings. The molecule has 4 N–H and O–H groups in total. The van der Waals surface area contributed by atoms with Crippen LogP contribution >= 0.6 is 0 Å². The molecule has 0 saturated carbocycles. The zero-order valence-electron chi connectivity index (χ0n) is 7.49. The fourth-order valence-electron chi connectivity index (χ4n) is 1.06. The maximum Gasteiger partial charge on any atom is 0.123 e. The molecule has 0 aliphatic carbocycles. The minimum Gasteiger partial charge on any atom is -0.384 e. The van der Waals surface area contributed by atoms with Gasteiger partial charge in [-0.25, -0.2) is 4.98 Å². The highest BCUT2D eigenvalue weighted by Gasteiger charge is 2.09. The number of hydrogen-bond acceptors (Lipinski definition) is 3. The summed E-state index contributed by atoms with van der Waals surface area (Å²) in [5.74, 6) is 0.954. The van der Waals surface area contributed by atoms with Crippen LogP contribution in [0.1, 0.15) is 25.5 Å². The van der Waals surface area contributed by atoms with Gasteiger partial charge in [-0.3, -0.25) is 0 Å². The third-order valence-corrected chi connectivity index (χ3v) is 1.91. The molecule has 1 aromatic rings. The van der Waals surface area contributed by atoms with Crippen molar-refractivity contribution >= 4 is 5.82 Å². The number of nitrogen functional groups attached to an aromatic ring is 1. The van der Waals surface area contributed by atoms with E-state index < -0.39 is 0 Å². The molecular formula is C9H15N3. The molecule has 0 aliphatic rings. The average molecular weight is 165 g/mol. The van der Waals surface area contributed by atoms with E-state index in [1.54, 1.807) is 6.20 Å². The van der Waals surface area contributed by atoms with E-state index in [-0.39, 0.29) is 6.04 Å². The van der Waals surface area contributed by atoms with Gasteiger partial charge in [-0.15, -0.1) is 0 Å². The lowest BCUT2D eigenvalue weighted by atomic mass is 9.98. The number of hydrogen-bond donors (Lipinski definition) is 2. The van der Waals surface area contributed by atoms with Gasteiger partial charge in [0.05, 0.1) is 0 Å². The topological polar surface area (TPSA) is 64.9 Å². The van der Waals surface area contributed by atoms with Crippen LogP contribution in [-0.4, -0.2) is 4.98 Å². The molecular weight excluding hydrogens is 150 g/mol. The summed E-state index contributed by atoms with van der Waals surface area (Å²) in [6.45, 7) is 4.17. The Morgan fingerprint density at radius 2 is 2.08 bits per heavy atom. The number of anilines is 1. The zero-order valence-corrected chi connectivity index (χ0v) is 7.49. The molecule has 0 amide bonds. The molecule has 0 aliphatic heterocycles. The molecule has 3 nitrogen and oxygen atoms in total. The maximum atomic E-state index is 5.92. The minimum absolute atomic E-state index is 0.0512. The first-order valence-corrected chi connectivity index (χ1v) is 4.08. The van der Waals surface area contributed by atoms with Gasteiger partial charge < -0.3 is 11.5 Å². The molecule has 0 saturated heterocycles. The fourth-order valence-corrected chi connectivity index (χ4v) is 1.06. The number of pyridine rings is 1. The van der Waals surface area contributed by atoms with Crippen molar-refractivity contribution in [3.63, 3.8) is 0 Å². The Labute approximate surface area is 72.8 Å². The lowest BCUT2D eigenvalue weighted by Gasteiger charge is -2.15. The number of nitrogens with zero attached hydrogens (tertiary/aromatic N) is 1. The summed E-state index contributed by atoms with van der Waals surface area (Å²) in [6, 6.07) is 3.78. The maximum absolute atomic E-state index is 5.92. The quantitative estimate of drug-likeness (QED) is 0.694. The Morgan fingerprint density at radius 1 is 1.42 bits per heavy atom. The molecule has 3 heteroatoms. The van der Waals surface area contributed by atoms with E-state index in [9.17, 15) is 0 Å². The molecule has 0 aromatic carbocycles. The van der Waals surface area contributed by atoms with Gasteiger partial charge in [0.1, 0.15) is 5.82 Å². The van der Waals surface area contributed by atoms with Gasteiger partial charge in [-0.2, -0.15) is 0 Å². The van der Waals surface area contributed by atoms with E-state index in [0.29, 0.717) is 11.7 Å². The summed E-state index contributed by atoms with van der Waals surface area (Å²) in [5.41, 5.74) is 12.5. The molecule has 1 unspecified atom stereocenters. The first kappa shape index (κ1) is 9.00. The molecule has 1 atom stereocenters. The smallest absolute Gasteiger partial charge is 0.123 e. The zero-order chi connectivity index (χ0) is 9.14. The van der Waals surface area contributed by atoms with Crippen molar-refractivity contribution < 1.29 is 0 Å². The summed E-state index contributed by atoms with van der Waals surface area (Å²) in [7, 11) is 0. The van der Waals surface area contributed by atoms with Crippen molar-refractivity contribution in [2.45, 2.75) is 19.9 Å². The Morgan fingerprint density at radius 3 is 2.58 bits per heavy atom. The largest absolute Gasteiger partial charge is 0.384 e. The molecule has 0 bridgehead atoms. The van der Waals surface area contributed by atoms with Crippen molar-refractivity contribution in [3.8, 4) is 0 Å². The van der Waals surface area contributed by atoms with Crippen molar-refractivity contribution in [1.29, 1.82) is 0 Å². The summed E-state index contributed by atoms with van der Waals surface area (Å²) < 4.78 is 0. The highest BCUT2D eigenvalue weighted by Crippen LogP contribution is 2.18. The van der Waals surface area contributed by atoms with Crippen LogP contribution in [0.25, 0.3) is 0 Å². The van der Waals surface area contributed by atoms with Crippen molar-refractivity contribution in [3.05, 3.63) is 23.9 Å². The second kappa shape index (κ2) is 3.54. The van der Waals surface area contributed by atoms with E-state index >= 15 is 0 Å². The van der Waals surface area contributed by atoms with Gasteiger partial charge in [0.2, 0.25) is 0 Å². The van der Waals surface area contributed by atoms with Crippen LogP contribution in [0, 0.1) is 5.92 Å². The van der Waals surface area contributed by atoms with Crippen LogP contribution in [0.15, 0.2) is 18.3 Å². The normalized spacial score (nSPS) is 13.3. The fraction of sp³-hybridized carbons (Fsp3) is 0.444. The highest BCUT2D eigenvalue weighted by atomic mass is 14.8. The number of rotatable bonds is 2. The van der Waals surface area contributed by atoms with Crippen LogP contribution in [0.3, 0.4) is 0 Å². The van der Waals surface area contributed by atoms with Crippen LogP contribution < -0.4 is 11.5 Å². The second-order valence-corrected chi connectivity index (χ2v) is 3.28.